The summed E-state index contributed by atoms with van der Waals surface area (Å²) in [5.41, 5.74) is 0.777. The average Bonchev–Trinajstić information content (AvgIpc) is 2.82. The van der Waals surface area contributed by atoms with Crippen LogP contribution in [0, 0.1) is 11.3 Å². The lowest BCUT2D eigenvalue weighted by atomic mass is 10.2. The fourth-order valence-electron chi connectivity index (χ4n) is 1.86. The van der Waals surface area contributed by atoms with Gasteiger partial charge in [0.2, 0.25) is 0 Å². The van der Waals surface area contributed by atoms with Gasteiger partial charge in [-0.2, -0.15) is 5.26 Å². The smallest absolute Gasteiger partial charge is 0.193 e. The standard InChI is InChI=1S/C14H14Cl2N4S/c1-8(2)20-13(11-5-4-10(15)6-12(11)16)18-19-14(20)21-9(3)7-17/h4-6,8-9H,1-3H3/t9-/m1/s1. The van der Waals surface area contributed by atoms with Crippen molar-refractivity contribution in [2.45, 2.75) is 37.2 Å². The van der Waals surface area contributed by atoms with Crippen LogP contribution in [0.3, 0.4) is 0 Å². The molecular weight excluding hydrogens is 327 g/mol. The molecule has 0 aliphatic carbocycles. The van der Waals surface area contributed by atoms with Gasteiger partial charge in [0.25, 0.3) is 0 Å². The molecule has 110 valence electrons. The van der Waals surface area contributed by atoms with E-state index in [-0.39, 0.29) is 11.3 Å². The van der Waals surface area contributed by atoms with Crippen LogP contribution in [0.1, 0.15) is 26.8 Å². The van der Waals surface area contributed by atoms with Gasteiger partial charge < -0.3 is 0 Å². The summed E-state index contributed by atoms with van der Waals surface area (Å²) in [6.45, 7) is 5.91. The van der Waals surface area contributed by atoms with Crippen LogP contribution in [0.4, 0.5) is 0 Å². The second kappa shape index (κ2) is 6.69. The monoisotopic (exact) mass is 340 g/mol. The minimum absolute atomic E-state index is 0.148. The van der Waals surface area contributed by atoms with Gasteiger partial charge in [-0.15, -0.1) is 10.2 Å². The molecule has 0 aliphatic rings. The Hall–Kier alpha value is -1.22. The highest BCUT2D eigenvalue weighted by Gasteiger charge is 2.20. The largest absolute Gasteiger partial charge is 0.299 e. The fraction of sp³-hybridized carbons (Fsp3) is 0.357. The van der Waals surface area contributed by atoms with Crippen LogP contribution in [0.25, 0.3) is 11.4 Å². The van der Waals surface area contributed by atoms with E-state index in [0.29, 0.717) is 21.0 Å². The van der Waals surface area contributed by atoms with Gasteiger partial charge >= 0.3 is 0 Å². The highest BCUT2D eigenvalue weighted by Crippen LogP contribution is 2.34. The Balaban J connectivity index is 2.52. The lowest BCUT2D eigenvalue weighted by molar-refractivity contribution is 0.555. The minimum atomic E-state index is -0.194. The Morgan fingerprint density at radius 3 is 2.52 bits per heavy atom. The molecule has 2 rings (SSSR count). The highest BCUT2D eigenvalue weighted by atomic mass is 35.5. The van der Waals surface area contributed by atoms with Gasteiger partial charge in [0.15, 0.2) is 11.0 Å². The molecule has 0 saturated heterocycles. The molecule has 0 saturated carbocycles. The number of hydrogen-bond acceptors (Lipinski definition) is 4. The van der Waals surface area contributed by atoms with E-state index in [1.807, 2.05) is 31.4 Å². The summed E-state index contributed by atoms with van der Waals surface area (Å²) < 4.78 is 1.98. The van der Waals surface area contributed by atoms with Crippen molar-refractivity contribution in [1.82, 2.24) is 14.8 Å². The van der Waals surface area contributed by atoms with Crippen molar-refractivity contribution in [3.63, 3.8) is 0 Å². The normalized spacial score (nSPS) is 12.4. The Bertz CT molecular complexity index is 691. The van der Waals surface area contributed by atoms with Crippen LogP contribution in [-0.4, -0.2) is 20.0 Å². The number of hydrogen-bond donors (Lipinski definition) is 0. The van der Waals surface area contributed by atoms with Crippen LogP contribution in [0.2, 0.25) is 10.0 Å². The Morgan fingerprint density at radius 1 is 1.24 bits per heavy atom. The number of nitriles is 1. The van der Waals surface area contributed by atoms with Gasteiger partial charge in [0.05, 0.1) is 16.3 Å². The van der Waals surface area contributed by atoms with Gasteiger partial charge in [-0.1, -0.05) is 35.0 Å². The van der Waals surface area contributed by atoms with E-state index in [4.69, 9.17) is 28.5 Å². The van der Waals surface area contributed by atoms with E-state index in [0.717, 1.165) is 5.56 Å². The molecule has 0 spiro atoms. The van der Waals surface area contributed by atoms with Gasteiger partial charge in [-0.25, -0.2) is 0 Å². The summed E-state index contributed by atoms with van der Waals surface area (Å²) in [5, 5.41) is 19.0. The number of nitrogens with zero attached hydrogens (tertiary/aromatic N) is 4. The summed E-state index contributed by atoms with van der Waals surface area (Å²) in [7, 11) is 0. The summed E-state index contributed by atoms with van der Waals surface area (Å²) >= 11 is 13.6. The molecular formula is C14H14Cl2N4S. The van der Waals surface area contributed by atoms with Gasteiger partial charge in [0, 0.05) is 16.6 Å². The van der Waals surface area contributed by atoms with Crippen LogP contribution < -0.4 is 0 Å². The zero-order valence-corrected chi connectivity index (χ0v) is 14.2. The highest BCUT2D eigenvalue weighted by molar-refractivity contribution is 8.00. The van der Waals surface area contributed by atoms with Crippen molar-refractivity contribution in [3.05, 3.63) is 28.2 Å². The molecule has 0 bridgehead atoms. The zero-order valence-electron chi connectivity index (χ0n) is 11.8. The minimum Gasteiger partial charge on any atom is -0.299 e. The number of halogens is 2. The Morgan fingerprint density at radius 2 is 1.95 bits per heavy atom. The van der Waals surface area contributed by atoms with E-state index in [2.05, 4.69) is 16.3 Å². The molecule has 21 heavy (non-hydrogen) atoms. The predicted molar refractivity (Wildman–Crippen MR) is 86.8 cm³/mol. The maximum Gasteiger partial charge on any atom is 0.193 e. The van der Waals surface area contributed by atoms with Gasteiger partial charge in [-0.3, -0.25) is 4.57 Å². The third-order valence-electron chi connectivity index (χ3n) is 2.82. The van der Waals surface area contributed by atoms with E-state index in [1.54, 1.807) is 12.1 Å². The van der Waals surface area contributed by atoms with Crippen LogP contribution in [0.15, 0.2) is 23.4 Å². The lowest BCUT2D eigenvalue weighted by Crippen LogP contribution is -2.06. The Kier molecular flexibility index (Phi) is 5.15. The van der Waals surface area contributed by atoms with Gasteiger partial charge in [0.1, 0.15) is 0 Å². The predicted octanol–water partition coefficient (Wildman–Crippen LogP) is 4.84. The van der Waals surface area contributed by atoms with Crippen molar-refractivity contribution in [3.8, 4) is 17.5 Å². The number of thioether (sulfide) groups is 1. The molecule has 7 heteroatoms. The molecule has 0 amide bonds. The molecule has 0 aliphatic heterocycles. The first-order chi connectivity index (χ1) is 9.93. The third kappa shape index (κ3) is 3.52. The van der Waals surface area contributed by atoms with E-state index >= 15 is 0 Å². The topological polar surface area (TPSA) is 54.5 Å². The van der Waals surface area contributed by atoms with Crippen LogP contribution in [-0.2, 0) is 0 Å². The first kappa shape index (κ1) is 16.2. The molecule has 1 aromatic heterocycles. The maximum absolute atomic E-state index is 8.96. The van der Waals surface area contributed by atoms with Crippen molar-refractivity contribution >= 4 is 35.0 Å². The molecule has 2 aromatic rings. The van der Waals surface area contributed by atoms with E-state index < -0.39 is 0 Å². The zero-order chi connectivity index (χ0) is 15.6. The first-order valence-corrected chi connectivity index (χ1v) is 8.04. The van der Waals surface area contributed by atoms with E-state index in [9.17, 15) is 0 Å². The molecule has 0 unspecified atom stereocenters. The second-order valence-corrected chi connectivity index (χ2v) is 6.93. The van der Waals surface area contributed by atoms with Crippen molar-refractivity contribution in [1.29, 1.82) is 5.26 Å². The van der Waals surface area contributed by atoms with Crippen molar-refractivity contribution < 1.29 is 0 Å². The molecule has 4 nitrogen and oxygen atoms in total. The summed E-state index contributed by atoms with van der Waals surface area (Å²) in [5.74, 6) is 0.680. The molecule has 0 N–H and O–H groups in total. The van der Waals surface area contributed by atoms with Crippen molar-refractivity contribution in [2.24, 2.45) is 0 Å². The van der Waals surface area contributed by atoms with Crippen LogP contribution in [0.5, 0.6) is 0 Å². The van der Waals surface area contributed by atoms with Gasteiger partial charge in [-0.05, 0) is 39.0 Å². The fourth-order valence-corrected chi connectivity index (χ4v) is 3.22. The van der Waals surface area contributed by atoms with E-state index in [1.165, 1.54) is 11.8 Å². The Labute approximate surface area is 138 Å². The molecule has 0 radical (unpaired) electrons. The van der Waals surface area contributed by atoms with Crippen LogP contribution >= 0.6 is 35.0 Å². The number of aromatic nitrogens is 3. The first-order valence-electron chi connectivity index (χ1n) is 6.40. The molecule has 1 atom stereocenters. The third-order valence-corrected chi connectivity index (χ3v) is 4.31. The average molecular weight is 341 g/mol. The van der Waals surface area contributed by atoms with Crippen molar-refractivity contribution in [2.75, 3.05) is 0 Å². The number of benzene rings is 1. The molecule has 1 aromatic carbocycles. The molecule has 1 heterocycles. The second-order valence-electron chi connectivity index (χ2n) is 4.78. The maximum atomic E-state index is 8.96. The number of rotatable bonds is 4. The molecule has 0 fully saturated rings. The summed E-state index contributed by atoms with van der Waals surface area (Å²) in [4.78, 5) is 0. The SMILES string of the molecule is CC(C)n1c(S[C@H](C)C#N)nnc1-c1ccc(Cl)cc1Cl. The summed E-state index contributed by atoms with van der Waals surface area (Å²) in [6, 6.07) is 7.62. The quantitative estimate of drug-likeness (QED) is 0.747. The summed E-state index contributed by atoms with van der Waals surface area (Å²) in [6.07, 6.45) is 0. The lowest BCUT2D eigenvalue weighted by Gasteiger charge is -2.14.